The van der Waals surface area contributed by atoms with Gasteiger partial charge in [0.25, 0.3) is 0 Å². The number of hydrogen-bond acceptors (Lipinski definition) is 3. The van der Waals surface area contributed by atoms with Gasteiger partial charge in [-0.3, -0.25) is 4.79 Å². The molecule has 100 valence electrons. The minimum Gasteiger partial charge on any atom is -0.481 e. The van der Waals surface area contributed by atoms with Gasteiger partial charge in [-0.25, -0.2) is 4.98 Å². The molecule has 19 heavy (non-hydrogen) atoms. The summed E-state index contributed by atoms with van der Waals surface area (Å²) in [6.07, 6.45) is 2.30. The average molecular weight is 258 g/mol. The lowest BCUT2D eigenvalue weighted by Crippen LogP contribution is -2.34. The third-order valence-electron chi connectivity index (χ3n) is 3.62. The molecule has 0 aliphatic rings. The second-order valence-electron chi connectivity index (χ2n) is 4.95. The number of nitrogens with zero attached hydrogens (tertiary/aromatic N) is 1. The second kappa shape index (κ2) is 5.26. The molecule has 0 radical (unpaired) electrons. The molecule has 4 heteroatoms. The molecule has 2 rings (SSSR count). The molecule has 0 amide bonds. The quantitative estimate of drug-likeness (QED) is 0.864. The summed E-state index contributed by atoms with van der Waals surface area (Å²) in [7, 11) is 0. The number of nitrogens with one attached hydrogen (secondary N) is 1. The molecule has 4 nitrogen and oxygen atoms in total. The van der Waals surface area contributed by atoms with Gasteiger partial charge < -0.3 is 10.4 Å². The van der Waals surface area contributed by atoms with Crippen molar-refractivity contribution in [3.63, 3.8) is 0 Å². The van der Waals surface area contributed by atoms with Crippen LogP contribution in [-0.4, -0.2) is 22.6 Å². The first-order valence-electron chi connectivity index (χ1n) is 6.38. The van der Waals surface area contributed by atoms with Gasteiger partial charge in [-0.1, -0.05) is 31.2 Å². The molecule has 0 aliphatic carbocycles. The molecule has 1 unspecified atom stereocenters. The van der Waals surface area contributed by atoms with Gasteiger partial charge in [0.2, 0.25) is 0 Å². The predicted molar refractivity (Wildman–Crippen MR) is 76.3 cm³/mol. The van der Waals surface area contributed by atoms with E-state index in [2.05, 4.69) is 10.3 Å². The minimum absolute atomic E-state index is 0.361. The Hall–Kier alpha value is -2.10. The highest BCUT2D eigenvalue weighted by atomic mass is 16.4. The summed E-state index contributed by atoms with van der Waals surface area (Å²) < 4.78 is 0. The van der Waals surface area contributed by atoms with Crippen LogP contribution in [-0.2, 0) is 4.79 Å². The molecule has 1 aromatic heterocycles. The van der Waals surface area contributed by atoms with Crippen LogP contribution < -0.4 is 5.32 Å². The molecule has 1 aromatic carbocycles. The highest BCUT2D eigenvalue weighted by molar-refractivity contribution is 5.91. The number of carboxylic acids is 1. The molecule has 1 atom stereocenters. The van der Waals surface area contributed by atoms with E-state index >= 15 is 0 Å². The topological polar surface area (TPSA) is 62.2 Å². The average Bonchev–Trinajstić information content (AvgIpc) is 2.44. The molecule has 0 spiro atoms. The van der Waals surface area contributed by atoms with Gasteiger partial charge in [-0.05, 0) is 24.8 Å². The van der Waals surface area contributed by atoms with E-state index < -0.39 is 11.4 Å². The lowest BCUT2D eigenvalue weighted by molar-refractivity contribution is -0.147. The molecule has 0 saturated carbocycles. The zero-order chi connectivity index (χ0) is 13.9. The number of carbonyl (C=O) groups is 1. The fourth-order valence-electron chi connectivity index (χ4n) is 1.89. The zero-order valence-corrected chi connectivity index (χ0v) is 11.2. The number of aliphatic carboxylic acids is 1. The molecule has 2 aromatic rings. The van der Waals surface area contributed by atoms with Gasteiger partial charge in [0.1, 0.15) is 5.82 Å². The third kappa shape index (κ3) is 2.67. The van der Waals surface area contributed by atoms with Gasteiger partial charge in [0.15, 0.2) is 0 Å². The Morgan fingerprint density at radius 2 is 2.11 bits per heavy atom. The number of hydrogen-bond donors (Lipinski definition) is 2. The maximum atomic E-state index is 11.3. The summed E-state index contributed by atoms with van der Waals surface area (Å²) in [4.78, 5) is 15.6. The highest BCUT2D eigenvalue weighted by Gasteiger charge is 2.30. The smallest absolute Gasteiger partial charge is 0.311 e. The Morgan fingerprint density at radius 3 is 2.79 bits per heavy atom. The number of aromatic nitrogens is 1. The number of fused-ring (bicyclic) bond motifs is 1. The fraction of sp³-hybridized carbons (Fsp3) is 0.333. The molecule has 0 aliphatic heterocycles. The minimum atomic E-state index is -0.789. The second-order valence-corrected chi connectivity index (χ2v) is 4.95. The lowest BCUT2D eigenvalue weighted by atomic mass is 9.88. The van der Waals surface area contributed by atoms with E-state index in [-0.39, 0.29) is 0 Å². The standard InChI is InChI=1S/C15H18N2O2/c1-3-15(2,14(18)19)10-17-13-12-7-5-4-6-11(12)8-9-16-13/h4-9H,3,10H2,1-2H3,(H,16,17)(H,18,19). The van der Waals surface area contributed by atoms with Crippen LogP contribution in [0.3, 0.4) is 0 Å². The van der Waals surface area contributed by atoms with Crippen LogP contribution in [0.2, 0.25) is 0 Å². The predicted octanol–water partition coefficient (Wildman–Crippen LogP) is 3.15. The summed E-state index contributed by atoms with van der Waals surface area (Å²) >= 11 is 0. The molecule has 0 saturated heterocycles. The summed E-state index contributed by atoms with van der Waals surface area (Å²) in [6.45, 7) is 3.99. The Kier molecular flexibility index (Phi) is 3.69. The number of rotatable bonds is 5. The van der Waals surface area contributed by atoms with E-state index in [1.165, 1.54) is 0 Å². The third-order valence-corrected chi connectivity index (χ3v) is 3.62. The Bertz CT molecular complexity index is 592. The van der Waals surface area contributed by atoms with E-state index in [1.54, 1.807) is 13.1 Å². The monoisotopic (exact) mass is 258 g/mol. The van der Waals surface area contributed by atoms with E-state index in [0.29, 0.717) is 13.0 Å². The number of carboxylic acid groups (broad SMARTS) is 1. The van der Waals surface area contributed by atoms with Gasteiger partial charge in [0.05, 0.1) is 5.41 Å². The summed E-state index contributed by atoms with van der Waals surface area (Å²) in [5.41, 5.74) is -0.779. The zero-order valence-electron chi connectivity index (χ0n) is 11.2. The number of benzene rings is 1. The van der Waals surface area contributed by atoms with Crippen molar-refractivity contribution in [1.29, 1.82) is 0 Å². The van der Waals surface area contributed by atoms with Gasteiger partial charge in [-0.15, -0.1) is 0 Å². The van der Waals surface area contributed by atoms with Crippen molar-refractivity contribution in [3.05, 3.63) is 36.5 Å². The normalized spacial score (nSPS) is 14.0. The largest absolute Gasteiger partial charge is 0.481 e. The van der Waals surface area contributed by atoms with Crippen molar-refractivity contribution < 1.29 is 9.90 Å². The number of pyridine rings is 1. The van der Waals surface area contributed by atoms with Crippen molar-refractivity contribution >= 4 is 22.6 Å². The van der Waals surface area contributed by atoms with Crippen LogP contribution in [0.15, 0.2) is 36.5 Å². The van der Waals surface area contributed by atoms with Gasteiger partial charge >= 0.3 is 5.97 Å². The van der Waals surface area contributed by atoms with E-state index in [0.717, 1.165) is 16.6 Å². The van der Waals surface area contributed by atoms with Crippen molar-refractivity contribution in [2.45, 2.75) is 20.3 Å². The Balaban J connectivity index is 2.25. The van der Waals surface area contributed by atoms with Crippen molar-refractivity contribution in [1.82, 2.24) is 4.98 Å². The summed E-state index contributed by atoms with van der Waals surface area (Å²) in [6, 6.07) is 9.86. The van der Waals surface area contributed by atoms with Crippen molar-refractivity contribution in [2.24, 2.45) is 5.41 Å². The first-order chi connectivity index (χ1) is 9.07. The maximum absolute atomic E-state index is 11.3. The molecule has 1 heterocycles. The van der Waals surface area contributed by atoms with Crippen LogP contribution >= 0.6 is 0 Å². The van der Waals surface area contributed by atoms with Gasteiger partial charge in [-0.2, -0.15) is 0 Å². The van der Waals surface area contributed by atoms with E-state index in [9.17, 15) is 9.90 Å². The van der Waals surface area contributed by atoms with Crippen LogP contribution in [0, 0.1) is 5.41 Å². The van der Waals surface area contributed by atoms with Gasteiger partial charge in [0, 0.05) is 18.1 Å². The highest BCUT2D eigenvalue weighted by Crippen LogP contribution is 2.25. The van der Waals surface area contributed by atoms with E-state index in [1.807, 2.05) is 37.3 Å². The van der Waals surface area contributed by atoms with E-state index in [4.69, 9.17) is 0 Å². The SMILES string of the molecule is CCC(C)(CNc1nccc2ccccc12)C(=O)O. The summed E-state index contributed by atoms with van der Waals surface area (Å²) in [5, 5.41) is 14.5. The molecular weight excluding hydrogens is 240 g/mol. The van der Waals surface area contributed by atoms with Crippen LogP contribution in [0.25, 0.3) is 10.8 Å². The van der Waals surface area contributed by atoms with Crippen LogP contribution in [0.1, 0.15) is 20.3 Å². The first-order valence-corrected chi connectivity index (χ1v) is 6.38. The first kappa shape index (κ1) is 13.3. The molecule has 2 N–H and O–H groups in total. The lowest BCUT2D eigenvalue weighted by Gasteiger charge is -2.23. The molecule has 0 fully saturated rings. The molecular formula is C15H18N2O2. The number of anilines is 1. The maximum Gasteiger partial charge on any atom is 0.311 e. The summed E-state index contributed by atoms with van der Waals surface area (Å²) in [5.74, 6) is -0.0539. The van der Waals surface area contributed by atoms with Crippen molar-refractivity contribution in [3.8, 4) is 0 Å². The fourth-order valence-corrected chi connectivity index (χ4v) is 1.89. The Morgan fingerprint density at radius 1 is 1.37 bits per heavy atom. The van der Waals surface area contributed by atoms with Crippen LogP contribution in [0.4, 0.5) is 5.82 Å². The Labute approximate surface area is 112 Å². The molecule has 0 bridgehead atoms. The van der Waals surface area contributed by atoms with Crippen molar-refractivity contribution in [2.75, 3.05) is 11.9 Å². The van der Waals surface area contributed by atoms with Crippen LogP contribution in [0.5, 0.6) is 0 Å².